The Morgan fingerprint density at radius 2 is 1.88 bits per heavy atom. The molecule has 140 valence electrons. The van der Waals surface area contributed by atoms with E-state index in [1.54, 1.807) is 13.2 Å². The van der Waals surface area contributed by atoms with Crippen molar-refractivity contribution in [3.63, 3.8) is 0 Å². The van der Waals surface area contributed by atoms with Crippen LogP contribution in [0.3, 0.4) is 0 Å². The van der Waals surface area contributed by atoms with Crippen LogP contribution in [0.2, 0.25) is 0 Å². The van der Waals surface area contributed by atoms with Crippen LogP contribution in [0.1, 0.15) is 12.0 Å². The Hall–Kier alpha value is -1.41. The molecule has 2 atom stereocenters. The molecule has 6 nitrogen and oxygen atoms in total. The predicted molar refractivity (Wildman–Crippen MR) is 91.6 cm³/mol. The molecule has 2 aliphatic heterocycles. The van der Waals surface area contributed by atoms with Crippen LogP contribution in [-0.4, -0.2) is 80.7 Å². The van der Waals surface area contributed by atoms with E-state index >= 15 is 0 Å². The van der Waals surface area contributed by atoms with Crippen LogP contribution in [0, 0.1) is 5.82 Å². The van der Waals surface area contributed by atoms with Crippen molar-refractivity contribution in [3.8, 4) is 11.5 Å². The standard InChI is InChI=1S/C18H27FN2O4/c1-23-17-8-13(14(19)9-18(17)24-2)10-20-4-3-5-21(7-6-20)15-11-25-12-16(15)22/h8-9,15-16,22H,3-7,10-12H2,1-2H3/t15-,16-/m1/s1. The van der Waals surface area contributed by atoms with E-state index in [9.17, 15) is 9.50 Å². The second kappa shape index (κ2) is 8.31. The zero-order valence-electron chi connectivity index (χ0n) is 14.9. The lowest BCUT2D eigenvalue weighted by molar-refractivity contribution is 0.0837. The Morgan fingerprint density at radius 1 is 1.12 bits per heavy atom. The average molecular weight is 354 g/mol. The van der Waals surface area contributed by atoms with E-state index in [1.807, 2.05) is 0 Å². The van der Waals surface area contributed by atoms with Crippen LogP contribution >= 0.6 is 0 Å². The first-order valence-corrected chi connectivity index (χ1v) is 8.75. The van der Waals surface area contributed by atoms with Crippen molar-refractivity contribution in [2.75, 3.05) is 53.6 Å². The fourth-order valence-corrected chi connectivity index (χ4v) is 3.62. The summed E-state index contributed by atoms with van der Waals surface area (Å²) in [7, 11) is 3.06. The number of benzene rings is 1. The van der Waals surface area contributed by atoms with Gasteiger partial charge in [-0.05, 0) is 25.6 Å². The minimum Gasteiger partial charge on any atom is -0.493 e. The third kappa shape index (κ3) is 4.23. The molecule has 0 aromatic heterocycles. The molecule has 2 heterocycles. The molecule has 0 unspecified atom stereocenters. The first kappa shape index (κ1) is 18.4. The van der Waals surface area contributed by atoms with Gasteiger partial charge in [-0.3, -0.25) is 9.80 Å². The SMILES string of the molecule is COc1cc(F)c(CN2CCCN([C@@H]3COC[C@H]3O)CC2)cc1OC. The minimum absolute atomic E-state index is 0.0813. The van der Waals surface area contributed by atoms with Crippen molar-refractivity contribution in [2.24, 2.45) is 0 Å². The molecular formula is C18H27FN2O4. The molecule has 1 aromatic rings. The Bertz CT molecular complexity index is 586. The van der Waals surface area contributed by atoms with Gasteiger partial charge in [-0.2, -0.15) is 0 Å². The lowest BCUT2D eigenvalue weighted by Crippen LogP contribution is -2.44. The number of ether oxygens (including phenoxy) is 3. The highest BCUT2D eigenvalue weighted by Gasteiger charge is 2.32. The second-order valence-corrected chi connectivity index (χ2v) is 6.64. The molecule has 0 saturated carbocycles. The van der Waals surface area contributed by atoms with E-state index in [2.05, 4.69) is 9.80 Å². The van der Waals surface area contributed by atoms with Gasteiger partial charge in [0, 0.05) is 31.3 Å². The number of methoxy groups -OCH3 is 2. The zero-order chi connectivity index (χ0) is 17.8. The molecule has 0 amide bonds. The molecule has 0 aliphatic carbocycles. The molecule has 0 spiro atoms. The van der Waals surface area contributed by atoms with Crippen LogP contribution in [-0.2, 0) is 11.3 Å². The van der Waals surface area contributed by atoms with Gasteiger partial charge in [0.25, 0.3) is 0 Å². The summed E-state index contributed by atoms with van der Waals surface area (Å²) in [6.07, 6.45) is 0.577. The quantitative estimate of drug-likeness (QED) is 0.855. The maximum absolute atomic E-state index is 14.4. The molecule has 2 aliphatic rings. The fourth-order valence-electron chi connectivity index (χ4n) is 3.62. The highest BCUT2D eigenvalue weighted by molar-refractivity contribution is 5.43. The Labute approximate surface area is 148 Å². The number of nitrogens with zero attached hydrogens (tertiary/aromatic N) is 2. The smallest absolute Gasteiger partial charge is 0.163 e. The van der Waals surface area contributed by atoms with E-state index < -0.39 is 6.10 Å². The Balaban J connectivity index is 1.64. The molecule has 0 bridgehead atoms. The molecule has 25 heavy (non-hydrogen) atoms. The van der Waals surface area contributed by atoms with E-state index in [0.29, 0.717) is 36.8 Å². The number of hydrogen-bond acceptors (Lipinski definition) is 6. The highest BCUT2D eigenvalue weighted by atomic mass is 19.1. The average Bonchev–Trinajstić information content (AvgIpc) is 2.90. The van der Waals surface area contributed by atoms with E-state index in [1.165, 1.54) is 13.2 Å². The molecule has 7 heteroatoms. The first-order valence-electron chi connectivity index (χ1n) is 8.75. The van der Waals surface area contributed by atoms with Crippen molar-refractivity contribution in [3.05, 3.63) is 23.5 Å². The van der Waals surface area contributed by atoms with Gasteiger partial charge in [-0.15, -0.1) is 0 Å². The minimum atomic E-state index is -0.408. The van der Waals surface area contributed by atoms with Gasteiger partial charge < -0.3 is 19.3 Å². The van der Waals surface area contributed by atoms with E-state index in [-0.39, 0.29) is 11.9 Å². The molecular weight excluding hydrogens is 327 g/mol. The zero-order valence-corrected chi connectivity index (χ0v) is 14.9. The van der Waals surface area contributed by atoms with Crippen molar-refractivity contribution in [1.29, 1.82) is 0 Å². The van der Waals surface area contributed by atoms with Gasteiger partial charge in [-0.25, -0.2) is 4.39 Å². The monoisotopic (exact) mass is 354 g/mol. The van der Waals surface area contributed by atoms with Crippen LogP contribution in [0.4, 0.5) is 4.39 Å². The molecule has 3 rings (SSSR count). The van der Waals surface area contributed by atoms with Gasteiger partial charge in [-0.1, -0.05) is 0 Å². The number of aliphatic hydroxyl groups excluding tert-OH is 1. The first-order chi connectivity index (χ1) is 12.1. The number of aliphatic hydroxyl groups is 1. The Morgan fingerprint density at radius 3 is 2.56 bits per heavy atom. The topological polar surface area (TPSA) is 54.4 Å². The van der Waals surface area contributed by atoms with Crippen molar-refractivity contribution in [1.82, 2.24) is 9.80 Å². The summed E-state index contributed by atoms with van der Waals surface area (Å²) in [6.45, 7) is 5.04. The van der Waals surface area contributed by atoms with E-state index in [0.717, 1.165) is 32.6 Å². The van der Waals surface area contributed by atoms with Crippen LogP contribution in [0.5, 0.6) is 11.5 Å². The van der Waals surface area contributed by atoms with Gasteiger partial charge in [0.05, 0.1) is 39.6 Å². The normalized spacial score (nSPS) is 25.8. The number of halogens is 1. The maximum atomic E-state index is 14.4. The van der Waals surface area contributed by atoms with E-state index in [4.69, 9.17) is 14.2 Å². The summed E-state index contributed by atoms with van der Waals surface area (Å²) in [5.74, 6) is 0.668. The summed E-state index contributed by atoms with van der Waals surface area (Å²) in [6, 6.07) is 3.17. The van der Waals surface area contributed by atoms with Crippen molar-refractivity contribution < 1.29 is 23.7 Å². The molecule has 1 aromatic carbocycles. The largest absolute Gasteiger partial charge is 0.493 e. The summed E-state index contributed by atoms with van der Waals surface area (Å²) >= 11 is 0. The summed E-state index contributed by atoms with van der Waals surface area (Å²) in [4.78, 5) is 4.54. The molecule has 2 fully saturated rings. The third-order valence-corrected chi connectivity index (χ3v) is 5.06. The fraction of sp³-hybridized carbons (Fsp3) is 0.667. The maximum Gasteiger partial charge on any atom is 0.163 e. The molecule has 2 saturated heterocycles. The molecule has 0 radical (unpaired) electrons. The lowest BCUT2D eigenvalue weighted by Gasteiger charge is -2.28. The summed E-state index contributed by atoms with van der Waals surface area (Å²) < 4.78 is 30.2. The van der Waals surface area contributed by atoms with Gasteiger partial charge >= 0.3 is 0 Å². The molecule has 1 N–H and O–H groups in total. The Kier molecular flexibility index (Phi) is 6.11. The van der Waals surface area contributed by atoms with Crippen LogP contribution < -0.4 is 9.47 Å². The summed E-state index contributed by atoms with van der Waals surface area (Å²) in [5.41, 5.74) is 0.607. The van der Waals surface area contributed by atoms with Crippen molar-refractivity contribution >= 4 is 0 Å². The van der Waals surface area contributed by atoms with Crippen LogP contribution in [0.15, 0.2) is 12.1 Å². The van der Waals surface area contributed by atoms with Gasteiger partial charge in [0.1, 0.15) is 5.82 Å². The summed E-state index contributed by atoms with van der Waals surface area (Å²) in [5, 5.41) is 10.0. The van der Waals surface area contributed by atoms with Gasteiger partial charge in [0.2, 0.25) is 0 Å². The number of hydrogen-bond donors (Lipinski definition) is 1. The lowest BCUT2D eigenvalue weighted by atomic mass is 10.1. The van der Waals surface area contributed by atoms with Gasteiger partial charge in [0.15, 0.2) is 11.5 Å². The highest BCUT2D eigenvalue weighted by Crippen LogP contribution is 2.30. The van der Waals surface area contributed by atoms with Crippen LogP contribution in [0.25, 0.3) is 0 Å². The second-order valence-electron chi connectivity index (χ2n) is 6.64. The number of rotatable bonds is 5. The van der Waals surface area contributed by atoms with Crippen molar-refractivity contribution in [2.45, 2.75) is 25.1 Å². The third-order valence-electron chi connectivity index (χ3n) is 5.06. The predicted octanol–water partition coefficient (Wildman–Crippen LogP) is 1.11.